The number of fused-ring (bicyclic) bond motifs is 1. The number of hydrogen-bond donors (Lipinski definition) is 2. The molecule has 0 radical (unpaired) electrons. The van der Waals surface area contributed by atoms with E-state index >= 15 is 0 Å². The number of carboxylic acid groups (broad SMARTS) is 1. The fraction of sp³-hybridized carbons (Fsp3) is 0.211. The first kappa shape index (κ1) is 17.5. The van der Waals surface area contributed by atoms with Crippen molar-refractivity contribution in [2.75, 3.05) is 5.32 Å². The summed E-state index contributed by atoms with van der Waals surface area (Å²) in [7, 11) is 1.94. The first-order chi connectivity index (χ1) is 12.5. The van der Waals surface area contributed by atoms with E-state index in [1.807, 2.05) is 35.9 Å². The zero-order valence-corrected chi connectivity index (χ0v) is 14.3. The van der Waals surface area contributed by atoms with Crippen LogP contribution >= 0.6 is 0 Å². The van der Waals surface area contributed by atoms with E-state index in [9.17, 15) is 9.59 Å². The topological polar surface area (TPSA) is 93.5 Å². The molecule has 0 spiro atoms. The fourth-order valence-electron chi connectivity index (χ4n) is 2.58. The molecule has 1 aromatic heterocycles. The molecule has 2 aromatic carbocycles. The highest BCUT2D eigenvalue weighted by atomic mass is 16.5. The third-order valence-electron chi connectivity index (χ3n) is 3.93. The van der Waals surface area contributed by atoms with Crippen LogP contribution in [0.25, 0.3) is 11.0 Å². The van der Waals surface area contributed by atoms with Gasteiger partial charge in [0.15, 0.2) is 0 Å². The molecule has 0 aliphatic heterocycles. The number of aliphatic carboxylic acids is 1. The molecular weight excluding hydrogens is 334 g/mol. The molecule has 0 fully saturated rings. The molecule has 26 heavy (non-hydrogen) atoms. The number of hydrogen-bond acceptors (Lipinski definition) is 4. The fourth-order valence-corrected chi connectivity index (χ4v) is 2.58. The average molecular weight is 353 g/mol. The minimum Gasteiger partial charge on any atom is -0.486 e. The van der Waals surface area contributed by atoms with Gasteiger partial charge >= 0.3 is 5.97 Å². The van der Waals surface area contributed by atoms with Crippen LogP contribution in [0, 0.1) is 0 Å². The molecule has 7 nitrogen and oxygen atoms in total. The number of nitrogens with one attached hydrogen (secondary N) is 1. The Morgan fingerprint density at radius 3 is 2.73 bits per heavy atom. The number of para-hydroxylation sites is 2. The third kappa shape index (κ3) is 4.18. The van der Waals surface area contributed by atoms with Crippen molar-refractivity contribution in [1.82, 2.24) is 9.55 Å². The number of rotatable bonds is 7. The van der Waals surface area contributed by atoms with Crippen LogP contribution in [0.5, 0.6) is 5.75 Å². The molecular formula is C19H19N3O4. The SMILES string of the molecule is Cn1c(COc2cccc(NC(=O)CCC(=O)O)c2)nc2ccccc21. The maximum Gasteiger partial charge on any atom is 0.303 e. The first-order valence-electron chi connectivity index (χ1n) is 8.18. The Hall–Kier alpha value is -3.35. The molecule has 7 heteroatoms. The van der Waals surface area contributed by atoms with Gasteiger partial charge in [-0.2, -0.15) is 0 Å². The van der Waals surface area contributed by atoms with Gasteiger partial charge in [0.2, 0.25) is 5.91 Å². The summed E-state index contributed by atoms with van der Waals surface area (Å²) in [4.78, 5) is 26.8. The molecule has 0 aliphatic carbocycles. The van der Waals surface area contributed by atoms with Gasteiger partial charge in [0.05, 0.1) is 17.5 Å². The number of ether oxygens (including phenoxy) is 1. The quantitative estimate of drug-likeness (QED) is 0.681. The molecule has 0 saturated heterocycles. The van der Waals surface area contributed by atoms with E-state index in [-0.39, 0.29) is 18.7 Å². The zero-order valence-electron chi connectivity index (χ0n) is 14.3. The van der Waals surface area contributed by atoms with E-state index in [4.69, 9.17) is 9.84 Å². The maximum absolute atomic E-state index is 11.7. The molecule has 1 heterocycles. The largest absolute Gasteiger partial charge is 0.486 e. The summed E-state index contributed by atoms with van der Waals surface area (Å²) in [5.74, 6) is 0.0368. The third-order valence-corrected chi connectivity index (χ3v) is 3.93. The second-order valence-electron chi connectivity index (χ2n) is 5.83. The smallest absolute Gasteiger partial charge is 0.303 e. The van der Waals surface area contributed by atoms with Gasteiger partial charge < -0.3 is 19.7 Å². The van der Waals surface area contributed by atoms with Crippen molar-refractivity contribution >= 4 is 28.6 Å². The predicted molar refractivity (Wildman–Crippen MR) is 97.0 cm³/mol. The number of carbonyl (C=O) groups excluding carboxylic acids is 1. The van der Waals surface area contributed by atoms with Crippen LogP contribution in [0.1, 0.15) is 18.7 Å². The standard InChI is InChI=1S/C19H19N3O4/c1-22-16-8-3-2-7-15(16)21-17(22)12-26-14-6-4-5-13(11-14)20-18(23)9-10-19(24)25/h2-8,11H,9-10,12H2,1H3,(H,20,23)(H,24,25). The first-order valence-corrected chi connectivity index (χ1v) is 8.18. The number of nitrogens with zero attached hydrogens (tertiary/aromatic N) is 2. The number of amides is 1. The molecule has 3 rings (SSSR count). The minimum absolute atomic E-state index is 0.0692. The van der Waals surface area contributed by atoms with Gasteiger partial charge in [-0.05, 0) is 24.3 Å². The van der Waals surface area contributed by atoms with Crippen molar-refractivity contribution < 1.29 is 19.4 Å². The summed E-state index contributed by atoms with van der Waals surface area (Å²) in [5, 5.41) is 11.3. The monoisotopic (exact) mass is 353 g/mol. The van der Waals surface area contributed by atoms with Gasteiger partial charge in [0.25, 0.3) is 0 Å². The second kappa shape index (κ2) is 7.69. The van der Waals surface area contributed by atoms with E-state index < -0.39 is 5.97 Å². The van der Waals surface area contributed by atoms with Crippen molar-refractivity contribution in [2.45, 2.75) is 19.4 Å². The highest BCUT2D eigenvalue weighted by Gasteiger charge is 2.09. The van der Waals surface area contributed by atoms with Crippen LogP contribution in [-0.4, -0.2) is 26.5 Å². The zero-order chi connectivity index (χ0) is 18.5. The van der Waals surface area contributed by atoms with E-state index in [0.717, 1.165) is 16.9 Å². The summed E-state index contributed by atoms with van der Waals surface area (Å²) in [6.45, 7) is 0.293. The number of carbonyl (C=O) groups is 2. The molecule has 0 bridgehead atoms. The summed E-state index contributed by atoms with van der Waals surface area (Å²) in [6, 6.07) is 14.8. The normalized spacial score (nSPS) is 10.7. The van der Waals surface area contributed by atoms with Crippen LogP contribution in [0.15, 0.2) is 48.5 Å². The summed E-state index contributed by atoms with van der Waals surface area (Å²) in [5.41, 5.74) is 2.50. The Labute approximate surface area is 150 Å². The number of imidazole rings is 1. The van der Waals surface area contributed by atoms with Gasteiger partial charge in [-0.3, -0.25) is 9.59 Å². The average Bonchev–Trinajstić information content (AvgIpc) is 2.95. The van der Waals surface area contributed by atoms with Crippen molar-refractivity contribution in [1.29, 1.82) is 0 Å². The van der Waals surface area contributed by atoms with Crippen molar-refractivity contribution in [3.05, 3.63) is 54.4 Å². The Kier molecular flexibility index (Phi) is 5.17. The molecule has 0 saturated carbocycles. The number of carboxylic acids is 1. The van der Waals surface area contributed by atoms with Crippen molar-refractivity contribution in [3.63, 3.8) is 0 Å². The summed E-state index contributed by atoms with van der Waals surface area (Å²) in [6.07, 6.45) is -0.269. The van der Waals surface area contributed by atoms with Crippen LogP contribution in [0.2, 0.25) is 0 Å². The summed E-state index contributed by atoms with van der Waals surface area (Å²) < 4.78 is 7.77. The number of aromatic nitrogens is 2. The van der Waals surface area contributed by atoms with E-state index in [1.165, 1.54) is 0 Å². The summed E-state index contributed by atoms with van der Waals surface area (Å²) >= 11 is 0. The van der Waals surface area contributed by atoms with Crippen molar-refractivity contribution in [3.8, 4) is 5.75 Å². The number of aryl methyl sites for hydroxylation is 1. The molecule has 1 amide bonds. The number of anilines is 1. The van der Waals surface area contributed by atoms with E-state index in [2.05, 4.69) is 10.3 Å². The van der Waals surface area contributed by atoms with Crippen LogP contribution in [0.4, 0.5) is 5.69 Å². The molecule has 0 aliphatic rings. The highest BCUT2D eigenvalue weighted by molar-refractivity contribution is 5.92. The van der Waals surface area contributed by atoms with Crippen molar-refractivity contribution in [2.24, 2.45) is 7.05 Å². The van der Waals surface area contributed by atoms with E-state index in [0.29, 0.717) is 18.0 Å². The molecule has 134 valence electrons. The van der Waals surface area contributed by atoms with Crippen LogP contribution < -0.4 is 10.1 Å². The van der Waals surface area contributed by atoms with Crippen LogP contribution in [-0.2, 0) is 23.2 Å². The van der Waals surface area contributed by atoms with Gasteiger partial charge in [-0.25, -0.2) is 4.98 Å². The van der Waals surface area contributed by atoms with Gasteiger partial charge in [-0.1, -0.05) is 18.2 Å². The lowest BCUT2D eigenvalue weighted by molar-refractivity contribution is -0.138. The van der Waals surface area contributed by atoms with Gasteiger partial charge in [0, 0.05) is 25.2 Å². The predicted octanol–water partition coefficient (Wildman–Crippen LogP) is 2.96. The Morgan fingerprint density at radius 2 is 1.96 bits per heavy atom. The van der Waals surface area contributed by atoms with E-state index in [1.54, 1.807) is 24.3 Å². The molecule has 0 atom stereocenters. The minimum atomic E-state index is -1.00. The highest BCUT2D eigenvalue weighted by Crippen LogP contribution is 2.20. The Bertz CT molecular complexity index is 949. The Balaban J connectivity index is 1.64. The number of benzene rings is 2. The molecule has 2 N–H and O–H groups in total. The second-order valence-corrected chi connectivity index (χ2v) is 5.83. The van der Waals surface area contributed by atoms with Gasteiger partial charge in [-0.15, -0.1) is 0 Å². The molecule has 3 aromatic rings. The lowest BCUT2D eigenvalue weighted by atomic mass is 10.2. The van der Waals surface area contributed by atoms with Gasteiger partial charge in [0.1, 0.15) is 18.2 Å². The van der Waals surface area contributed by atoms with Crippen LogP contribution in [0.3, 0.4) is 0 Å². The maximum atomic E-state index is 11.7. The lowest BCUT2D eigenvalue weighted by Crippen LogP contribution is -2.13. The Morgan fingerprint density at radius 1 is 1.15 bits per heavy atom. The lowest BCUT2D eigenvalue weighted by Gasteiger charge is -2.09. The molecule has 0 unspecified atom stereocenters.